The summed E-state index contributed by atoms with van der Waals surface area (Å²) in [5, 5.41) is 0. The van der Waals surface area contributed by atoms with E-state index in [1.54, 1.807) is 0 Å². The van der Waals surface area contributed by atoms with Gasteiger partial charge in [-0.2, -0.15) is 0 Å². The lowest BCUT2D eigenvalue weighted by atomic mass is 9.81. The highest BCUT2D eigenvalue weighted by molar-refractivity contribution is 5.01. The Morgan fingerprint density at radius 1 is 1.31 bits per heavy atom. The Morgan fingerprint density at radius 3 is 2.25 bits per heavy atom. The van der Waals surface area contributed by atoms with Crippen molar-refractivity contribution in [3.05, 3.63) is 0 Å². The molecular weight excluding hydrogens is 198 g/mol. The van der Waals surface area contributed by atoms with E-state index >= 15 is 0 Å². The van der Waals surface area contributed by atoms with Crippen LogP contribution in [0.2, 0.25) is 0 Å². The minimum absolute atomic E-state index is 0.290. The van der Waals surface area contributed by atoms with E-state index in [0.29, 0.717) is 6.04 Å². The van der Waals surface area contributed by atoms with Crippen molar-refractivity contribution in [2.75, 3.05) is 14.1 Å². The van der Waals surface area contributed by atoms with Crippen LogP contribution in [0.3, 0.4) is 0 Å². The first-order chi connectivity index (χ1) is 7.56. The Bertz CT molecular complexity index is 197. The molecule has 3 nitrogen and oxygen atoms in total. The molecule has 3 heteroatoms. The monoisotopic (exact) mass is 227 g/mol. The summed E-state index contributed by atoms with van der Waals surface area (Å²) >= 11 is 0. The van der Waals surface area contributed by atoms with Crippen molar-refractivity contribution >= 4 is 0 Å². The van der Waals surface area contributed by atoms with Gasteiger partial charge in [-0.05, 0) is 39.3 Å². The van der Waals surface area contributed by atoms with E-state index in [1.807, 2.05) is 0 Å². The molecule has 2 unspecified atom stereocenters. The van der Waals surface area contributed by atoms with E-state index in [-0.39, 0.29) is 5.54 Å². The maximum absolute atomic E-state index is 5.80. The summed E-state index contributed by atoms with van der Waals surface area (Å²) in [6.45, 7) is 4.58. The molecule has 0 bridgehead atoms. The Kier molecular flexibility index (Phi) is 5.22. The lowest BCUT2D eigenvalue weighted by molar-refractivity contribution is 0.0917. The maximum atomic E-state index is 5.80. The highest BCUT2D eigenvalue weighted by Gasteiger charge is 2.42. The lowest BCUT2D eigenvalue weighted by Crippen LogP contribution is -2.59. The highest BCUT2D eigenvalue weighted by Crippen LogP contribution is 2.38. The van der Waals surface area contributed by atoms with Gasteiger partial charge in [0.15, 0.2) is 0 Å². The molecule has 0 aromatic carbocycles. The van der Waals surface area contributed by atoms with Crippen molar-refractivity contribution < 1.29 is 0 Å². The summed E-state index contributed by atoms with van der Waals surface area (Å²) in [6, 6.07) is 0.431. The third-order valence-corrected chi connectivity index (χ3v) is 4.54. The molecule has 16 heavy (non-hydrogen) atoms. The second-order valence-electron chi connectivity index (χ2n) is 5.67. The minimum Gasteiger partial charge on any atom is -0.302 e. The van der Waals surface area contributed by atoms with E-state index < -0.39 is 0 Å². The number of nitrogens with zero attached hydrogens (tertiary/aromatic N) is 1. The van der Waals surface area contributed by atoms with Gasteiger partial charge in [-0.15, -0.1) is 0 Å². The molecule has 1 aliphatic carbocycles. The normalized spacial score (nSPS) is 23.6. The van der Waals surface area contributed by atoms with Gasteiger partial charge in [-0.1, -0.05) is 33.1 Å². The fourth-order valence-corrected chi connectivity index (χ4v) is 3.11. The Balaban J connectivity index is 2.74. The smallest absolute Gasteiger partial charge is 0.0397 e. The Labute approximate surface area is 101 Å². The number of rotatable bonds is 6. The summed E-state index contributed by atoms with van der Waals surface area (Å²) in [7, 11) is 4.40. The summed E-state index contributed by atoms with van der Waals surface area (Å²) < 4.78 is 0. The average Bonchev–Trinajstić information content (AvgIpc) is 2.75. The first-order valence-corrected chi connectivity index (χ1v) is 6.70. The largest absolute Gasteiger partial charge is 0.302 e. The topological polar surface area (TPSA) is 41.3 Å². The standard InChI is InChI=1S/C13H29N3/c1-5-11(2)10-12(15-14)13(16(3)4)8-6-7-9-13/h11-12,15H,5-10,14H2,1-4H3. The van der Waals surface area contributed by atoms with Crippen molar-refractivity contribution in [2.45, 2.75) is 64.0 Å². The van der Waals surface area contributed by atoms with Gasteiger partial charge in [0.05, 0.1) is 0 Å². The molecule has 0 saturated heterocycles. The van der Waals surface area contributed by atoms with E-state index in [0.717, 1.165) is 5.92 Å². The summed E-state index contributed by atoms with van der Waals surface area (Å²) in [5.74, 6) is 6.55. The third-order valence-electron chi connectivity index (χ3n) is 4.54. The molecule has 1 aliphatic rings. The summed E-state index contributed by atoms with van der Waals surface area (Å²) in [6.07, 6.45) is 7.68. The first-order valence-electron chi connectivity index (χ1n) is 6.70. The highest BCUT2D eigenvalue weighted by atomic mass is 15.3. The lowest BCUT2D eigenvalue weighted by Gasteiger charge is -2.44. The van der Waals surface area contributed by atoms with Gasteiger partial charge >= 0.3 is 0 Å². The maximum Gasteiger partial charge on any atom is 0.0397 e. The number of hydrogen-bond acceptors (Lipinski definition) is 3. The molecule has 2 atom stereocenters. The molecule has 1 rings (SSSR count). The van der Waals surface area contributed by atoms with Crippen LogP contribution in [0.1, 0.15) is 52.4 Å². The summed E-state index contributed by atoms with van der Waals surface area (Å²) in [4.78, 5) is 2.40. The van der Waals surface area contributed by atoms with Crippen LogP contribution in [0.5, 0.6) is 0 Å². The second kappa shape index (κ2) is 5.99. The van der Waals surface area contributed by atoms with E-state index in [4.69, 9.17) is 5.84 Å². The molecule has 96 valence electrons. The fourth-order valence-electron chi connectivity index (χ4n) is 3.11. The summed E-state index contributed by atoms with van der Waals surface area (Å²) in [5.41, 5.74) is 3.38. The van der Waals surface area contributed by atoms with Crippen molar-refractivity contribution in [3.63, 3.8) is 0 Å². The first kappa shape index (κ1) is 13.9. The van der Waals surface area contributed by atoms with Crippen molar-refractivity contribution in [1.82, 2.24) is 10.3 Å². The van der Waals surface area contributed by atoms with Crippen molar-refractivity contribution in [1.29, 1.82) is 0 Å². The SMILES string of the molecule is CCC(C)CC(NN)C1(N(C)C)CCCC1. The quantitative estimate of drug-likeness (QED) is 0.539. The molecule has 0 aromatic rings. The zero-order valence-electron chi connectivity index (χ0n) is 11.4. The number of hydrogen-bond donors (Lipinski definition) is 2. The van der Waals surface area contributed by atoms with Gasteiger partial charge in [-0.25, -0.2) is 0 Å². The van der Waals surface area contributed by atoms with Crippen LogP contribution < -0.4 is 11.3 Å². The molecule has 0 amide bonds. The molecule has 1 fully saturated rings. The van der Waals surface area contributed by atoms with Gasteiger partial charge < -0.3 is 4.90 Å². The van der Waals surface area contributed by atoms with Gasteiger partial charge in [0.2, 0.25) is 0 Å². The van der Waals surface area contributed by atoms with Crippen LogP contribution in [0, 0.1) is 5.92 Å². The Hall–Kier alpha value is -0.120. The van der Waals surface area contributed by atoms with Gasteiger partial charge in [0.25, 0.3) is 0 Å². The number of nitrogens with two attached hydrogens (primary N) is 1. The van der Waals surface area contributed by atoms with Crippen LogP contribution in [0.4, 0.5) is 0 Å². The molecule has 0 aromatic heterocycles. The number of nitrogens with one attached hydrogen (secondary N) is 1. The average molecular weight is 227 g/mol. The molecule has 0 aliphatic heterocycles. The molecular formula is C13H29N3. The van der Waals surface area contributed by atoms with E-state index in [1.165, 1.54) is 38.5 Å². The minimum atomic E-state index is 0.290. The molecule has 0 spiro atoms. The molecule has 0 heterocycles. The number of likely N-dealkylation sites (N-methyl/N-ethyl adjacent to an activating group) is 1. The zero-order valence-corrected chi connectivity index (χ0v) is 11.4. The fraction of sp³-hybridized carbons (Fsp3) is 1.00. The van der Waals surface area contributed by atoms with Crippen LogP contribution in [-0.4, -0.2) is 30.6 Å². The van der Waals surface area contributed by atoms with Gasteiger partial charge in [0.1, 0.15) is 0 Å². The number of hydrazine groups is 1. The Morgan fingerprint density at radius 2 is 1.88 bits per heavy atom. The molecule has 1 saturated carbocycles. The zero-order chi connectivity index (χ0) is 12.2. The predicted molar refractivity (Wildman–Crippen MR) is 70.1 cm³/mol. The van der Waals surface area contributed by atoms with E-state index in [2.05, 4.69) is 38.3 Å². The third kappa shape index (κ3) is 2.76. The van der Waals surface area contributed by atoms with Gasteiger partial charge in [-0.3, -0.25) is 11.3 Å². The van der Waals surface area contributed by atoms with Crippen LogP contribution in [0.15, 0.2) is 0 Å². The van der Waals surface area contributed by atoms with Crippen LogP contribution in [0.25, 0.3) is 0 Å². The second-order valence-corrected chi connectivity index (χ2v) is 5.67. The van der Waals surface area contributed by atoms with Crippen molar-refractivity contribution in [2.24, 2.45) is 11.8 Å². The van der Waals surface area contributed by atoms with Crippen LogP contribution >= 0.6 is 0 Å². The predicted octanol–water partition coefficient (Wildman–Crippen LogP) is 2.13. The molecule has 0 radical (unpaired) electrons. The van der Waals surface area contributed by atoms with Crippen LogP contribution in [-0.2, 0) is 0 Å². The van der Waals surface area contributed by atoms with Gasteiger partial charge in [0, 0.05) is 11.6 Å². The molecule has 3 N–H and O–H groups in total. The van der Waals surface area contributed by atoms with Crippen molar-refractivity contribution in [3.8, 4) is 0 Å². The van der Waals surface area contributed by atoms with E-state index in [9.17, 15) is 0 Å².